The highest BCUT2D eigenvalue weighted by molar-refractivity contribution is 5.48. The van der Waals surface area contributed by atoms with Gasteiger partial charge in [0.2, 0.25) is 0 Å². The van der Waals surface area contributed by atoms with Crippen LogP contribution in [0.25, 0.3) is 0 Å². The molecule has 0 spiro atoms. The third kappa shape index (κ3) is 3.47. The number of nitrogens with zero attached hydrogens (tertiary/aromatic N) is 2. The fourth-order valence-corrected chi connectivity index (χ4v) is 2.84. The molecule has 1 aromatic rings. The van der Waals surface area contributed by atoms with Crippen LogP contribution in [0.1, 0.15) is 17.5 Å². The van der Waals surface area contributed by atoms with Gasteiger partial charge in [-0.15, -0.1) is 0 Å². The van der Waals surface area contributed by atoms with Gasteiger partial charge < -0.3 is 15.5 Å². The standard InChI is InChI=1S/C15H25N3/c1-12-4-5-15(16)14(8-12)11-18(3)10-13-6-7-17(2)9-13/h4-5,8,13H,6-7,9-11,16H2,1-3H3. The fourth-order valence-electron chi connectivity index (χ4n) is 2.84. The minimum atomic E-state index is 0.811. The second kappa shape index (κ2) is 5.72. The quantitative estimate of drug-likeness (QED) is 0.826. The molecule has 1 saturated heterocycles. The van der Waals surface area contributed by atoms with E-state index in [-0.39, 0.29) is 0 Å². The molecule has 3 nitrogen and oxygen atoms in total. The first-order valence-electron chi connectivity index (χ1n) is 6.76. The summed E-state index contributed by atoms with van der Waals surface area (Å²) in [6.45, 7) is 6.71. The molecular formula is C15H25N3. The summed E-state index contributed by atoms with van der Waals surface area (Å²) in [4.78, 5) is 4.81. The summed E-state index contributed by atoms with van der Waals surface area (Å²) in [6.07, 6.45) is 1.32. The lowest BCUT2D eigenvalue weighted by Gasteiger charge is -2.22. The third-order valence-electron chi connectivity index (χ3n) is 3.80. The topological polar surface area (TPSA) is 32.5 Å². The van der Waals surface area contributed by atoms with Gasteiger partial charge >= 0.3 is 0 Å². The van der Waals surface area contributed by atoms with Gasteiger partial charge in [-0.05, 0) is 51.5 Å². The number of benzene rings is 1. The van der Waals surface area contributed by atoms with Crippen molar-refractivity contribution in [2.75, 3.05) is 39.5 Å². The predicted molar refractivity (Wildman–Crippen MR) is 77.5 cm³/mol. The van der Waals surface area contributed by atoms with Crippen LogP contribution in [0, 0.1) is 12.8 Å². The zero-order chi connectivity index (χ0) is 13.1. The van der Waals surface area contributed by atoms with Crippen molar-refractivity contribution < 1.29 is 0 Å². The molecular weight excluding hydrogens is 222 g/mol. The van der Waals surface area contributed by atoms with E-state index in [1.54, 1.807) is 0 Å². The lowest BCUT2D eigenvalue weighted by molar-refractivity contribution is 0.267. The molecule has 1 atom stereocenters. The van der Waals surface area contributed by atoms with E-state index in [4.69, 9.17) is 5.73 Å². The molecule has 2 rings (SSSR count). The Morgan fingerprint density at radius 3 is 2.89 bits per heavy atom. The van der Waals surface area contributed by atoms with Gasteiger partial charge in [0.15, 0.2) is 0 Å². The van der Waals surface area contributed by atoms with Crippen molar-refractivity contribution in [3.05, 3.63) is 29.3 Å². The molecule has 1 aliphatic rings. The molecule has 18 heavy (non-hydrogen) atoms. The first-order valence-corrected chi connectivity index (χ1v) is 6.76. The number of hydrogen-bond acceptors (Lipinski definition) is 3. The largest absolute Gasteiger partial charge is 0.398 e. The average molecular weight is 247 g/mol. The number of aryl methyl sites for hydroxylation is 1. The molecule has 1 aliphatic heterocycles. The molecule has 1 heterocycles. The summed E-state index contributed by atoms with van der Waals surface area (Å²) >= 11 is 0. The first-order chi connectivity index (χ1) is 8.54. The Bertz CT molecular complexity index is 403. The normalized spacial score (nSPS) is 20.8. The molecule has 1 unspecified atom stereocenters. The van der Waals surface area contributed by atoms with Crippen LogP contribution in [0.3, 0.4) is 0 Å². The monoisotopic (exact) mass is 247 g/mol. The SMILES string of the molecule is Cc1ccc(N)c(CN(C)CC2CCN(C)C2)c1. The highest BCUT2D eigenvalue weighted by atomic mass is 15.1. The Labute approximate surface area is 111 Å². The van der Waals surface area contributed by atoms with Crippen molar-refractivity contribution in [2.45, 2.75) is 19.9 Å². The summed E-state index contributed by atoms with van der Waals surface area (Å²) in [5, 5.41) is 0. The van der Waals surface area contributed by atoms with Crippen LogP contribution in [0.4, 0.5) is 5.69 Å². The Hall–Kier alpha value is -1.06. The van der Waals surface area contributed by atoms with Crippen LogP contribution in [-0.2, 0) is 6.54 Å². The van der Waals surface area contributed by atoms with Crippen LogP contribution >= 0.6 is 0 Å². The maximum atomic E-state index is 6.03. The van der Waals surface area contributed by atoms with Crippen LogP contribution in [-0.4, -0.2) is 43.5 Å². The maximum absolute atomic E-state index is 6.03. The summed E-state index contributed by atoms with van der Waals surface area (Å²) in [5.41, 5.74) is 9.48. The van der Waals surface area contributed by atoms with Gasteiger partial charge in [-0.2, -0.15) is 0 Å². The first kappa shape index (κ1) is 13.4. The van der Waals surface area contributed by atoms with E-state index < -0.39 is 0 Å². The van der Waals surface area contributed by atoms with Gasteiger partial charge in [0, 0.05) is 25.3 Å². The smallest absolute Gasteiger partial charge is 0.0359 e. The number of anilines is 1. The Morgan fingerprint density at radius 1 is 1.44 bits per heavy atom. The van der Waals surface area contributed by atoms with Crippen LogP contribution in [0.15, 0.2) is 18.2 Å². The Morgan fingerprint density at radius 2 is 2.22 bits per heavy atom. The summed E-state index contributed by atoms with van der Waals surface area (Å²) in [7, 11) is 4.40. The third-order valence-corrected chi connectivity index (χ3v) is 3.80. The highest BCUT2D eigenvalue weighted by Gasteiger charge is 2.20. The van der Waals surface area contributed by atoms with Gasteiger partial charge in [-0.3, -0.25) is 0 Å². The van der Waals surface area contributed by atoms with Gasteiger partial charge in [0.25, 0.3) is 0 Å². The minimum Gasteiger partial charge on any atom is -0.398 e. The van der Waals surface area contributed by atoms with Crippen LogP contribution in [0.5, 0.6) is 0 Å². The summed E-state index contributed by atoms with van der Waals surface area (Å²) in [5.74, 6) is 0.811. The summed E-state index contributed by atoms with van der Waals surface area (Å²) < 4.78 is 0. The molecule has 0 amide bonds. The second-order valence-corrected chi connectivity index (χ2v) is 5.82. The highest BCUT2D eigenvalue weighted by Crippen LogP contribution is 2.19. The zero-order valence-corrected chi connectivity index (χ0v) is 11.8. The number of likely N-dealkylation sites (tertiary alicyclic amines) is 1. The van der Waals surface area contributed by atoms with Crippen molar-refractivity contribution in [3.63, 3.8) is 0 Å². The Kier molecular flexibility index (Phi) is 4.25. The molecule has 0 aliphatic carbocycles. The van der Waals surface area contributed by atoms with Crippen LogP contribution in [0.2, 0.25) is 0 Å². The van der Waals surface area contributed by atoms with Crippen molar-refractivity contribution in [1.82, 2.24) is 9.80 Å². The zero-order valence-electron chi connectivity index (χ0n) is 11.8. The molecule has 0 bridgehead atoms. The van der Waals surface area contributed by atoms with Crippen molar-refractivity contribution in [3.8, 4) is 0 Å². The van der Waals surface area contributed by atoms with E-state index in [0.717, 1.165) is 24.7 Å². The van der Waals surface area contributed by atoms with E-state index in [9.17, 15) is 0 Å². The van der Waals surface area contributed by atoms with Crippen molar-refractivity contribution >= 4 is 5.69 Å². The van der Waals surface area contributed by atoms with Gasteiger partial charge in [-0.1, -0.05) is 17.7 Å². The summed E-state index contributed by atoms with van der Waals surface area (Å²) in [6, 6.07) is 6.29. The number of nitrogens with two attached hydrogens (primary N) is 1. The van der Waals surface area contributed by atoms with E-state index in [1.807, 2.05) is 6.07 Å². The number of nitrogen functional groups attached to an aromatic ring is 1. The van der Waals surface area contributed by atoms with Gasteiger partial charge in [0.05, 0.1) is 0 Å². The molecule has 0 aromatic heterocycles. The lowest BCUT2D eigenvalue weighted by Crippen LogP contribution is -2.27. The molecule has 2 N–H and O–H groups in total. The van der Waals surface area contributed by atoms with E-state index >= 15 is 0 Å². The average Bonchev–Trinajstić information content (AvgIpc) is 2.69. The predicted octanol–water partition coefficient (Wildman–Crippen LogP) is 1.96. The van der Waals surface area contributed by atoms with E-state index in [0.29, 0.717) is 0 Å². The van der Waals surface area contributed by atoms with Crippen molar-refractivity contribution in [2.24, 2.45) is 5.92 Å². The van der Waals surface area contributed by atoms with E-state index in [1.165, 1.54) is 30.6 Å². The lowest BCUT2D eigenvalue weighted by atomic mass is 10.1. The number of rotatable bonds is 4. The molecule has 0 radical (unpaired) electrons. The fraction of sp³-hybridized carbons (Fsp3) is 0.600. The Balaban J connectivity index is 1.90. The molecule has 100 valence electrons. The second-order valence-electron chi connectivity index (χ2n) is 5.82. The van der Waals surface area contributed by atoms with Gasteiger partial charge in [-0.25, -0.2) is 0 Å². The van der Waals surface area contributed by atoms with Gasteiger partial charge in [0.1, 0.15) is 0 Å². The molecule has 1 aromatic carbocycles. The maximum Gasteiger partial charge on any atom is 0.0359 e. The van der Waals surface area contributed by atoms with E-state index in [2.05, 4.69) is 43.0 Å². The molecule has 3 heteroatoms. The minimum absolute atomic E-state index is 0.811. The van der Waals surface area contributed by atoms with Crippen molar-refractivity contribution in [1.29, 1.82) is 0 Å². The molecule has 0 saturated carbocycles. The molecule has 1 fully saturated rings. The van der Waals surface area contributed by atoms with Crippen LogP contribution < -0.4 is 5.73 Å². The number of hydrogen-bond donors (Lipinski definition) is 1.